The molecule has 128 valence electrons. The molecule has 0 atom stereocenters. The second kappa shape index (κ2) is 9.61. The molecule has 0 spiro atoms. The second-order valence-corrected chi connectivity index (χ2v) is 5.92. The zero-order chi connectivity index (χ0) is 17.2. The van der Waals surface area contributed by atoms with Gasteiger partial charge in [-0.05, 0) is 37.5 Å². The number of carbonyl (C=O) groups excluding carboxylic acids is 1. The van der Waals surface area contributed by atoms with Gasteiger partial charge in [0, 0.05) is 18.2 Å². The van der Waals surface area contributed by atoms with Crippen LogP contribution in [0.1, 0.15) is 38.2 Å². The topological polar surface area (TPSA) is 65.5 Å². The third kappa shape index (κ3) is 5.62. The molecule has 24 heavy (non-hydrogen) atoms. The van der Waals surface area contributed by atoms with Gasteiger partial charge in [0.1, 0.15) is 0 Å². The lowest BCUT2D eigenvalue weighted by Gasteiger charge is -2.11. The Labute approximate surface area is 144 Å². The van der Waals surface area contributed by atoms with E-state index in [1.54, 1.807) is 0 Å². The van der Waals surface area contributed by atoms with E-state index in [4.69, 9.17) is 6.42 Å². The summed E-state index contributed by atoms with van der Waals surface area (Å²) in [6.45, 7) is 3.73. The van der Waals surface area contributed by atoms with Crippen molar-refractivity contribution in [3.63, 3.8) is 0 Å². The third-order valence-electron chi connectivity index (χ3n) is 4.04. The number of anilines is 1. The van der Waals surface area contributed by atoms with Crippen molar-refractivity contribution in [3.8, 4) is 12.3 Å². The molecule has 5 heteroatoms. The number of nitrogens with one attached hydrogen (secondary N) is 3. The highest BCUT2D eigenvalue weighted by Gasteiger charge is 2.22. The van der Waals surface area contributed by atoms with E-state index in [1.165, 1.54) is 0 Å². The van der Waals surface area contributed by atoms with Gasteiger partial charge in [0.05, 0.1) is 13.1 Å². The molecule has 1 aromatic rings. The highest BCUT2D eigenvalue weighted by atomic mass is 16.1. The molecule has 0 bridgehead atoms. The van der Waals surface area contributed by atoms with Crippen LogP contribution in [0.15, 0.2) is 29.3 Å². The van der Waals surface area contributed by atoms with Gasteiger partial charge in [-0.25, -0.2) is 4.99 Å². The lowest BCUT2D eigenvalue weighted by Crippen LogP contribution is -2.37. The first kappa shape index (κ1) is 17.9. The molecule has 5 nitrogen and oxygen atoms in total. The van der Waals surface area contributed by atoms with E-state index in [2.05, 4.69) is 26.9 Å². The van der Waals surface area contributed by atoms with Crippen molar-refractivity contribution in [3.05, 3.63) is 29.8 Å². The van der Waals surface area contributed by atoms with Gasteiger partial charge in [-0.1, -0.05) is 30.9 Å². The number of benzene rings is 1. The average molecular weight is 326 g/mol. The molecule has 0 aliphatic heterocycles. The molecule has 1 aliphatic carbocycles. The molecule has 0 heterocycles. The number of guanidine groups is 1. The highest BCUT2D eigenvalue weighted by Crippen LogP contribution is 2.26. The van der Waals surface area contributed by atoms with Gasteiger partial charge in [-0.15, -0.1) is 6.42 Å². The second-order valence-electron chi connectivity index (χ2n) is 5.92. The van der Waals surface area contributed by atoms with E-state index >= 15 is 0 Å². The van der Waals surface area contributed by atoms with Crippen molar-refractivity contribution in [1.82, 2.24) is 10.6 Å². The van der Waals surface area contributed by atoms with Crippen LogP contribution in [-0.4, -0.2) is 25.0 Å². The quantitative estimate of drug-likeness (QED) is 0.427. The minimum absolute atomic E-state index is 0.136. The maximum absolute atomic E-state index is 12.2. The predicted molar refractivity (Wildman–Crippen MR) is 98.7 cm³/mol. The van der Waals surface area contributed by atoms with Gasteiger partial charge in [0.15, 0.2) is 5.96 Å². The summed E-state index contributed by atoms with van der Waals surface area (Å²) in [6, 6.07) is 7.83. The monoisotopic (exact) mass is 326 g/mol. The first-order valence-electron chi connectivity index (χ1n) is 8.58. The fraction of sp³-hybridized carbons (Fsp3) is 0.474. The van der Waals surface area contributed by atoms with Crippen LogP contribution >= 0.6 is 0 Å². The number of amides is 1. The number of hydrogen-bond acceptors (Lipinski definition) is 2. The summed E-state index contributed by atoms with van der Waals surface area (Å²) in [6.07, 6.45) is 9.58. The third-order valence-corrected chi connectivity index (χ3v) is 4.04. The van der Waals surface area contributed by atoms with Crippen LogP contribution in [0.25, 0.3) is 0 Å². The van der Waals surface area contributed by atoms with Gasteiger partial charge in [0.25, 0.3) is 0 Å². The van der Waals surface area contributed by atoms with Crippen LogP contribution in [0, 0.1) is 18.3 Å². The van der Waals surface area contributed by atoms with Crippen molar-refractivity contribution in [1.29, 1.82) is 0 Å². The standard InChI is InChI=1S/C19H26N4O/c1-3-12-21-19(20-4-2)22-14-15-8-7-11-17(13-15)23-18(24)16-9-5-6-10-16/h1,7-8,11,13,16H,4-6,9-10,12,14H2,2H3,(H,23,24)(H2,20,21,22). The Balaban J connectivity index is 1.96. The molecule has 0 unspecified atom stereocenters. The van der Waals surface area contributed by atoms with Crippen molar-refractivity contribution in [2.45, 2.75) is 39.2 Å². The average Bonchev–Trinajstić information content (AvgIpc) is 3.12. The molecule has 1 amide bonds. The Bertz CT molecular complexity index is 612. The summed E-state index contributed by atoms with van der Waals surface area (Å²) in [5, 5.41) is 9.23. The molecule has 0 aromatic heterocycles. The van der Waals surface area contributed by atoms with Gasteiger partial charge in [-0.2, -0.15) is 0 Å². The summed E-state index contributed by atoms with van der Waals surface area (Å²) in [5.41, 5.74) is 1.87. The first-order valence-corrected chi connectivity index (χ1v) is 8.58. The zero-order valence-electron chi connectivity index (χ0n) is 14.3. The number of terminal acetylenes is 1. The number of aliphatic imine (C=N–C) groups is 1. The van der Waals surface area contributed by atoms with Crippen LogP contribution in [0.4, 0.5) is 5.69 Å². The van der Waals surface area contributed by atoms with Crippen LogP contribution < -0.4 is 16.0 Å². The predicted octanol–water partition coefficient (Wildman–Crippen LogP) is 2.50. The minimum atomic E-state index is 0.136. The summed E-state index contributed by atoms with van der Waals surface area (Å²) in [5.74, 6) is 3.53. The number of rotatable bonds is 6. The Morgan fingerprint density at radius 3 is 2.83 bits per heavy atom. The van der Waals surface area contributed by atoms with Gasteiger partial charge >= 0.3 is 0 Å². The Hall–Kier alpha value is -2.48. The molecule has 1 aliphatic rings. The first-order chi connectivity index (χ1) is 11.7. The van der Waals surface area contributed by atoms with Gasteiger partial charge in [-0.3, -0.25) is 4.79 Å². The fourth-order valence-corrected chi connectivity index (χ4v) is 2.83. The number of hydrogen-bond donors (Lipinski definition) is 3. The van der Waals surface area contributed by atoms with Crippen LogP contribution in [0.5, 0.6) is 0 Å². The minimum Gasteiger partial charge on any atom is -0.357 e. The summed E-state index contributed by atoms with van der Waals surface area (Å²) >= 11 is 0. The van der Waals surface area contributed by atoms with E-state index in [-0.39, 0.29) is 11.8 Å². The molecule has 0 radical (unpaired) electrons. The van der Waals surface area contributed by atoms with Crippen molar-refractivity contribution < 1.29 is 4.79 Å². The van der Waals surface area contributed by atoms with E-state index in [1.807, 2.05) is 31.2 Å². The zero-order valence-corrected chi connectivity index (χ0v) is 14.3. The van der Waals surface area contributed by atoms with E-state index in [0.29, 0.717) is 19.0 Å². The molecule has 1 saturated carbocycles. The van der Waals surface area contributed by atoms with Crippen molar-refractivity contribution >= 4 is 17.6 Å². The normalized spacial score (nSPS) is 14.9. The largest absolute Gasteiger partial charge is 0.357 e. The molecule has 0 saturated heterocycles. The smallest absolute Gasteiger partial charge is 0.227 e. The van der Waals surface area contributed by atoms with Gasteiger partial charge in [0.2, 0.25) is 5.91 Å². The van der Waals surface area contributed by atoms with E-state index in [0.717, 1.165) is 43.5 Å². The maximum Gasteiger partial charge on any atom is 0.227 e. The van der Waals surface area contributed by atoms with E-state index in [9.17, 15) is 4.79 Å². The van der Waals surface area contributed by atoms with Gasteiger partial charge < -0.3 is 16.0 Å². The molecule has 1 aromatic carbocycles. The van der Waals surface area contributed by atoms with Crippen LogP contribution in [-0.2, 0) is 11.3 Å². The Kier molecular flexibility index (Phi) is 7.16. The molecule has 1 fully saturated rings. The fourth-order valence-electron chi connectivity index (χ4n) is 2.83. The van der Waals surface area contributed by atoms with Crippen molar-refractivity contribution in [2.24, 2.45) is 10.9 Å². The molecular formula is C19H26N4O. The summed E-state index contributed by atoms with van der Waals surface area (Å²) < 4.78 is 0. The Morgan fingerprint density at radius 2 is 2.12 bits per heavy atom. The summed E-state index contributed by atoms with van der Waals surface area (Å²) in [7, 11) is 0. The molecule has 2 rings (SSSR count). The molecular weight excluding hydrogens is 300 g/mol. The maximum atomic E-state index is 12.2. The summed E-state index contributed by atoms with van der Waals surface area (Å²) in [4.78, 5) is 16.7. The SMILES string of the molecule is C#CCNC(=NCc1cccc(NC(=O)C2CCCC2)c1)NCC. The van der Waals surface area contributed by atoms with Crippen molar-refractivity contribution in [2.75, 3.05) is 18.4 Å². The van der Waals surface area contributed by atoms with Crippen LogP contribution in [0.3, 0.4) is 0 Å². The van der Waals surface area contributed by atoms with Crippen LogP contribution in [0.2, 0.25) is 0 Å². The number of carbonyl (C=O) groups is 1. The number of nitrogens with zero attached hydrogens (tertiary/aromatic N) is 1. The molecule has 3 N–H and O–H groups in total. The highest BCUT2D eigenvalue weighted by molar-refractivity contribution is 5.92. The lowest BCUT2D eigenvalue weighted by atomic mass is 10.1. The lowest BCUT2D eigenvalue weighted by molar-refractivity contribution is -0.119. The van der Waals surface area contributed by atoms with E-state index < -0.39 is 0 Å². The Morgan fingerprint density at radius 1 is 1.33 bits per heavy atom.